The normalized spacial score (nSPS) is 19.9. The molecule has 1 aromatic heterocycles. The number of pyridine rings is 1. The molecule has 98 valence electrons. The van der Waals surface area contributed by atoms with Crippen molar-refractivity contribution in [1.82, 2.24) is 9.88 Å². The third kappa shape index (κ3) is 3.29. The summed E-state index contributed by atoms with van der Waals surface area (Å²) in [6, 6.07) is 3.57. The third-order valence-electron chi connectivity index (χ3n) is 3.32. The van der Waals surface area contributed by atoms with Gasteiger partial charge in [0.25, 0.3) is 5.91 Å². The zero-order valence-corrected chi connectivity index (χ0v) is 11.8. The van der Waals surface area contributed by atoms with Gasteiger partial charge in [-0.05, 0) is 53.2 Å². The third-order valence-corrected chi connectivity index (χ3v) is 3.79. The van der Waals surface area contributed by atoms with Crippen LogP contribution in [-0.4, -0.2) is 40.6 Å². The number of aliphatic hydroxyl groups excluding tert-OH is 1. The first-order valence-electron chi connectivity index (χ1n) is 6.22. The summed E-state index contributed by atoms with van der Waals surface area (Å²) in [6.07, 6.45) is 4.49. The summed E-state index contributed by atoms with van der Waals surface area (Å²) >= 11 is 3.26. The van der Waals surface area contributed by atoms with Gasteiger partial charge in [0.15, 0.2) is 0 Å². The number of nitrogens with zero attached hydrogens (tertiary/aromatic N) is 2. The van der Waals surface area contributed by atoms with E-state index in [0.717, 1.165) is 37.0 Å². The number of aromatic nitrogens is 1. The van der Waals surface area contributed by atoms with Crippen LogP contribution in [0.1, 0.15) is 29.6 Å². The molecule has 2 rings (SSSR count). The van der Waals surface area contributed by atoms with E-state index in [0.29, 0.717) is 11.5 Å². The van der Waals surface area contributed by atoms with Gasteiger partial charge >= 0.3 is 0 Å². The second-order valence-electron chi connectivity index (χ2n) is 4.64. The van der Waals surface area contributed by atoms with E-state index in [-0.39, 0.29) is 12.5 Å². The second-order valence-corrected chi connectivity index (χ2v) is 5.45. The van der Waals surface area contributed by atoms with Gasteiger partial charge < -0.3 is 10.0 Å². The molecule has 0 radical (unpaired) electrons. The highest BCUT2D eigenvalue weighted by molar-refractivity contribution is 9.10. The standard InChI is InChI=1S/C13H17BrN2O2/c14-12-4-3-11(8-15-12)13(18)16-6-1-2-10(9-16)5-7-17/h3-4,8,10,17H,1-2,5-7,9H2. The van der Waals surface area contributed by atoms with E-state index in [4.69, 9.17) is 5.11 Å². The van der Waals surface area contributed by atoms with Gasteiger partial charge in [-0.15, -0.1) is 0 Å². The number of piperidine rings is 1. The number of hydrogen-bond donors (Lipinski definition) is 1. The van der Waals surface area contributed by atoms with Crippen molar-refractivity contribution in [3.63, 3.8) is 0 Å². The zero-order chi connectivity index (χ0) is 13.0. The first-order chi connectivity index (χ1) is 8.70. The molecule has 1 unspecified atom stereocenters. The van der Waals surface area contributed by atoms with Crippen molar-refractivity contribution in [2.45, 2.75) is 19.3 Å². The van der Waals surface area contributed by atoms with Crippen LogP contribution in [0, 0.1) is 5.92 Å². The Morgan fingerprint density at radius 1 is 1.56 bits per heavy atom. The van der Waals surface area contributed by atoms with Crippen molar-refractivity contribution in [3.05, 3.63) is 28.5 Å². The topological polar surface area (TPSA) is 53.4 Å². The van der Waals surface area contributed by atoms with Crippen molar-refractivity contribution in [2.75, 3.05) is 19.7 Å². The molecule has 0 spiro atoms. The minimum atomic E-state index is 0.0395. The van der Waals surface area contributed by atoms with E-state index in [1.807, 2.05) is 4.90 Å². The van der Waals surface area contributed by atoms with E-state index in [1.54, 1.807) is 18.3 Å². The van der Waals surface area contributed by atoms with Crippen LogP contribution in [0.15, 0.2) is 22.9 Å². The molecule has 0 saturated carbocycles. The Labute approximate surface area is 115 Å². The molecule has 1 amide bonds. The number of carbonyl (C=O) groups excluding carboxylic acids is 1. The fourth-order valence-corrected chi connectivity index (χ4v) is 2.59. The molecule has 1 aliphatic heterocycles. The van der Waals surface area contributed by atoms with Crippen LogP contribution in [0.2, 0.25) is 0 Å². The highest BCUT2D eigenvalue weighted by atomic mass is 79.9. The Balaban J connectivity index is 2.02. The first-order valence-corrected chi connectivity index (χ1v) is 7.01. The number of amides is 1. The molecular weight excluding hydrogens is 296 g/mol. The number of halogens is 1. The number of rotatable bonds is 3. The number of hydrogen-bond acceptors (Lipinski definition) is 3. The summed E-state index contributed by atoms with van der Waals surface area (Å²) < 4.78 is 0.732. The average molecular weight is 313 g/mol. The van der Waals surface area contributed by atoms with Gasteiger partial charge in [-0.3, -0.25) is 4.79 Å². The maximum Gasteiger partial charge on any atom is 0.255 e. The molecule has 1 atom stereocenters. The average Bonchev–Trinajstić information content (AvgIpc) is 2.39. The Hall–Kier alpha value is -0.940. The molecule has 1 N–H and O–H groups in total. The van der Waals surface area contributed by atoms with Crippen LogP contribution in [0.25, 0.3) is 0 Å². The van der Waals surface area contributed by atoms with E-state index >= 15 is 0 Å². The van der Waals surface area contributed by atoms with Crippen molar-refractivity contribution in [1.29, 1.82) is 0 Å². The van der Waals surface area contributed by atoms with Crippen LogP contribution in [-0.2, 0) is 0 Å². The lowest BCUT2D eigenvalue weighted by Gasteiger charge is -2.32. The van der Waals surface area contributed by atoms with Gasteiger partial charge in [-0.25, -0.2) is 4.98 Å². The van der Waals surface area contributed by atoms with E-state index in [1.165, 1.54) is 0 Å². The van der Waals surface area contributed by atoms with Crippen LogP contribution in [0.5, 0.6) is 0 Å². The summed E-state index contributed by atoms with van der Waals surface area (Å²) in [6.45, 7) is 1.75. The van der Waals surface area contributed by atoms with Crippen molar-refractivity contribution in [2.24, 2.45) is 5.92 Å². The number of aliphatic hydroxyl groups is 1. The monoisotopic (exact) mass is 312 g/mol. The van der Waals surface area contributed by atoms with E-state index in [9.17, 15) is 4.79 Å². The lowest BCUT2D eigenvalue weighted by molar-refractivity contribution is 0.0653. The molecule has 4 nitrogen and oxygen atoms in total. The predicted octanol–water partition coefficient (Wildman–Crippen LogP) is 2.08. The molecule has 1 aromatic rings. The van der Waals surface area contributed by atoms with Gasteiger partial charge in [-0.2, -0.15) is 0 Å². The van der Waals surface area contributed by atoms with E-state index < -0.39 is 0 Å². The van der Waals surface area contributed by atoms with Gasteiger partial charge in [0.1, 0.15) is 4.60 Å². The summed E-state index contributed by atoms with van der Waals surface area (Å²) in [5.74, 6) is 0.466. The fraction of sp³-hybridized carbons (Fsp3) is 0.538. The lowest BCUT2D eigenvalue weighted by atomic mass is 9.95. The van der Waals surface area contributed by atoms with Crippen LogP contribution in [0.3, 0.4) is 0 Å². The van der Waals surface area contributed by atoms with Crippen LogP contribution in [0.4, 0.5) is 0 Å². The first kappa shape index (κ1) is 13.5. The SMILES string of the molecule is O=C(c1ccc(Br)nc1)N1CCCC(CCO)C1. The molecule has 2 heterocycles. The van der Waals surface area contributed by atoms with Crippen molar-refractivity contribution < 1.29 is 9.90 Å². The summed E-state index contributed by atoms with van der Waals surface area (Å²) in [4.78, 5) is 18.2. The fourth-order valence-electron chi connectivity index (χ4n) is 2.35. The molecule has 0 aromatic carbocycles. The van der Waals surface area contributed by atoms with Gasteiger partial charge in [0.2, 0.25) is 0 Å². The molecule has 5 heteroatoms. The molecule has 0 aliphatic carbocycles. The highest BCUT2D eigenvalue weighted by Gasteiger charge is 2.24. The van der Waals surface area contributed by atoms with Crippen molar-refractivity contribution in [3.8, 4) is 0 Å². The minimum absolute atomic E-state index is 0.0395. The van der Waals surface area contributed by atoms with Crippen LogP contribution >= 0.6 is 15.9 Å². The molecule has 0 bridgehead atoms. The Morgan fingerprint density at radius 3 is 3.06 bits per heavy atom. The van der Waals surface area contributed by atoms with E-state index in [2.05, 4.69) is 20.9 Å². The summed E-state index contributed by atoms with van der Waals surface area (Å²) in [5, 5.41) is 8.97. The molecule has 1 saturated heterocycles. The lowest BCUT2D eigenvalue weighted by Crippen LogP contribution is -2.40. The van der Waals surface area contributed by atoms with Crippen molar-refractivity contribution >= 4 is 21.8 Å². The number of likely N-dealkylation sites (tertiary alicyclic amines) is 1. The maximum atomic E-state index is 12.3. The highest BCUT2D eigenvalue weighted by Crippen LogP contribution is 2.21. The molecule has 18 heavy (non-hydrogen) atoms. The van der Waals surface area contributed by atoms with Gasteiger partial charge in [0, 0.05) is 25.9 Å². The summed E-state index contributed by atoms with van der Waals surface area (Å²) in [5.41, 5.74) is 0.628. The zero-order valence-electron chi connectivity index (χ0n) is 10.2. The molecular formula is C13H17BrN2O2. The second kappa shape index (κ2) is 6.29. The maximum absolute atomic E-state index is 12.3. The predicted molar refractivity (Wildman–Crippen MR) is 72.3 cm³/mol. The van der Waals surface area contributed by atoms with Crippen LogP contribution < -0.4 is 0 Å². The van der Waals surface area contributed by atoms with Gasteiger partial charge in [0.05, 0.1) is 5.56 Å². The minimum Gasteiger partial charge on any atom is -0.396 e. The largest absolute Gasteiger partial charge is 0.396 e. The Morgan fingerprint density at radius 2 is 2.39 bits per heavy atom. The smallest absolute Gasteiger partial charge is 0.255 e. The summed E-state index contributed by atoms with van der Waals surface area (Å²) in [7, 11) is 0. The number of carbonyl (C=O) groups is 1. The Bertz CT molecular complexity index is 406. The quantitative estimate of drug-likeness (QED) is 0.869. The molecule has 1 aliphatic rings. The Kier molecular flexibility index (Phi) is 4.72. The van der Waals surface area contributed by atoms with Gasteiger partial charge in [-0.1, -0.05) is 0 Å². The molecule has 1 fully saturated rings.